The molecule has 4 aromatic heterocycles. The molecule has 0 amide bonds. The summed E-state index contributed by atoms with van der Waals surface area (Å²) in [6, 6.07) is 8.85. The average molecular weight is 515 g/mol. The molecule has 5 heterocycles. The molecule has 200 valence electrons. The molecule has 1 aliphatic heterocycles. The molecule has 1 N–H and O–H groups in total. The van der Waals surface area contributed by atoms with Crippen LogP contribution < -0.4 is 4.90 Å². The van der Waals surface area contributed by atoms with Crippen molar-refractivity contribution in [2.45, 2.75) is 64.0 Å². The van der Waals surface area contributed by atoms with Crippen LogP contribution >= 0.6 is 0 Å². The smallest absolute Gasteiger partial charge is 0.149 e. The van der Waals surface area contributed by atoms with Crippen LogP contribution in [0.25, 0.3) is 16.6 Å². The fraction of sp³-hybridized carbons (Fsp3) is 0.500. The van der Waals surface area contributed by atoms with Gasteiger partial charge in [0, 0.05) is 69.0 Å². The summed E-state index contributed by atoms with van der Waals surface area (Å²) in [4.78, 5) is 11.9. The molecule has 2 aliphatic rings. The summed E-state index contributed by atoms with van der Waals surface area (Å²) in [6.45, 7) is 4.69. The van der Waals surface area contributed by atoms with E-state index in [0.717, 1.165) is 79.9 Å². The van der Waals surface area contributed by atoms with Crippen molar-refractivity contribution in [1.29, 1.82) is 0 Å². The Kier molecular flexibility index (Phi) is 6.93. The topological polar surface area (TPSA) is 80.7 Å². The van der Waals surface area contributed by atoms with Crippen LogP contribution in [0.15, 0.2) is 42.9 Å². The molecule has 0 spiro atoms. The normalized spacial score (nSPS) is 20.6. The Morgan fingerprint density at radius 2 is 1.97 bits per heavy atom. The predicted octanol–water partition coefficient (Wildman–Crippen LogP) is 4.54. The van der Waals surface area contributed by atoms with E-state index in [1.54, 1.807) is 7.11 Å². The van der Waals surface area contributed by atoms with Crippen LogP contribution in [0.4, 0.5) is 5.82 Å². The molecular weight excluding hydrogens is 476 g/mol. The summed E-state index contributed by atoms with van der Waals surface area (Å²) in [6.07, 6.45) is 11.3. The van der Waals surface area contributed by atoms with E-state index in [1.165, 1.54) is 17.0 Å². The minimum absolute atomic E-state index is 0.186. The predicted molar refractivity (Wildman–Crippen MR) is 148 cm³/mol. The van der Waals surface area contributed by atoms with Gasteiger partial charge in [-0.3, -0.25) is 0 Å². The number of fused-ring (bicyclic) bond motifs is 2. The van der Waals surface area contributed by atoms with Crippen LogP contribution in [-0.2, 0) is 31.2 Å². The Morgan fingerprint density at radius 1 is 1.13 bits per heavy atom. The fourth-order valence-corrected chi connectivity index (χ4v) is 6.22. The number of hydrogen-bond acceptors (Lipinski definition) is 6. The third-order valence-corrected chi connectivity index (χ3v) is 8.36. The van der Waals surface area contributed by atoms with Gasteiger partial charge in [-0.15, -0.1) is 0 Å². The van der Waals surface area contributed by atoms with E-state index in [4.69, 9.17) is 19.8 Å². The summed E-state index contributed by atoms with van der Waals surface area (Å²) in [5.74, 6) is 2.56. The number of aliphatic hydroxyl groups is 1. The fourth-order valence-electron chi connectivity index (χ4n) is 6.22. The monoisotopic (exact) mass is 514 g/mol. The van der Waals surface area contributed by atoms with Crippen molar-refractivity contribution < 1.29 is 9.84 Å². The van der Waals surface area contributed by atoms with Gasteiger partial charge < -0.3 is 19.3 Å². The lowest BCUT2D eigenvalue weighted by Gasteiger charge is -2.29. The van der Waals surface area contributed by atoms with E-state index >= 15 is 0 Å². The molecule has 6 rings (SSSR count). The third kappa shape index (κ3) is 4.83. The molecule has 4 aromatic rings. The number of pyridine rings is 1. The summed E-state index contributed by atoms with van der Waals surface area (Å²) in [5, 5.41) is 15.2. The van der Waals surface area contributed by atoms with Crippen LogP contribution in [0.1, 0.15) is 61.3 Å². The Balaban J connectivity index is 1.37. The van der Waals surface area contributed by atoms with Gasteiger partial charge >= 0.3 is 0 Å². The van der Waals surface area contributed by atoms with Crippen molar-refractivity contribution in [1.82, 2.24) is 24.1 Å². The van der Waals surface area contributed by atoms with Gasteiger partial charge in [0.05, 0.1) is 24.4 Å². The standard InChI is InChI=1S/C30H38N6O2/c1-20(19-38-3)14-29-32-17-27-25(16-26(36(27)33-29)21-4-6-24(37)7-5-21)23-8-11-31-30(15-23)35-13-10-22-9-12-34(2)28(22)18-35/h8-9,11-12,15-17,20-21,24,37H,4-7,10,13-14,18-19H2,1-3H3/t20-,21?,24?/m1/s1. The Bertz CT molecular complexity index is 1420. The van der Waals surface area contributed by atoms with Gasteiger partial charge in [-0.25, -0.2) is 14.5 Å². The van der Waals surface area contributed by atoms with E-state index in [9.17, 15) is 5.11 Å². The number of anilines is 1. The molecule has 0 saturated heterocycles. The summed E-state index contributed by atoms with van der Waals surface area (Å²) < 4.78 is 9.69. The highest BCUT2D eigenvalue weighted by molar-refractivity contribution is 5.82. The summed E-state index contributed by atoms with van der Waals surface area (Å²) >= 11 is 0. The molecule has 8 heteroatoms. The second kappa shape index (κ2) is 10.5. The van der Waals surface area contributed by atoms with Crippen molar-refractivity contribution in [2.24, 2.45) is 13.0 Å². The largest absolute Gasteiger partial charge is 0.393 e. The second-order valence-electron chi connectivity index (χ2n) is 11.2. The third-order valence-electron chi connectivity index (χ3n) is 8.36. The van der Waals surface area contributed by atoms with Gasteiger partial charge in [0.15, 0.2) is 0 Å². The number of ether oxygens (including phenoxy) is 1. The zero-order valence-electron chi connectivity index (χ0n) is 22.7. The number of aryl methyl sites for hydroxylation is 1. The van der Waals surface area contributed by atoms with E-state index in [1.807, 2.05) is 12.4 Å². The van der Waals surface area contributed by atoms with Crippen molar-refractivity contribution in [3.8, 4) is 11.1 Å². The van der Waals surface area contributed by atoms with E-state index in [-0.39, 0.29) is 6.10 Å². The van der Waals surface area contributed by atoms with Crippen LogP contribution in [0, 0.1) is 5.92 Å². The van der Waals surface area contributed by atoms with Crippen molar-refractivity contribution in [3.05, 3.63) is 65.6 Å². The molecule has 1 fully saturated rings. The van der Waals surface area contributed by atoms with Crippen molar-refractivity contribution in [2.75, 3.05) is 25.2 Å². The van der Waals surface area contributed by atoms with Gasteiger partial charge in [0.1, 0.15) is 11.6 Å². The Hall–Kier alpha value is -3.23. The maximum Gasteiger partial charge on any atom is 0.149 e. The average Bonchev–Trinajstić information content (AvgIpc) is 3.49. The number of rotatable bonds is 7. The Labute approximate surface area is 224 Å². The van der Waals surface area contributed by atoms with Gasteiger partial charge in [0.25, 0.3) is 0 Å². The first-order chi connectivity index (χ1) is 18.5. The highest BCUT2D eigenvalue weighted by Crippen LogP contribution is 2.38. The maximum atomic E-state index is 10.1. The number of methoxy groups -OCH3 is 1. The number of aromatic nitrogens is 5. The lowest BCUT2D eigenvalue weighted by Crippen LogP contribution is -2.31. The highest BCUT2D eigenvalue weighted by Gasteiger charge is 2.26. The number of aliphatic hydroxyl groups excluding tert-OH is 1. The lowest BCUT2D eigenvalue weighted by atomic mass is 9.85. The van der Waals surface area contributed by atoms with E-state index in [2.05, 4.69) is 58.4 Å². The van der Waals surface area contributed by atoms with Crippen LogP contribution in [0.3, 0.4) is 0 Å². The van der Waals surface area contributed by atoms with Crippen LogP contribution in [0.2, 0.25) is 0 Å². The van der Waals surface area contributed by atoms with E-state index < -0.39 is 0 Å². The molecule has 8 nitrogen and oxygen atoms in total. The first-order valence-electron chi connectivity index (χ1n) is 13.9. The zero-order chi connectivity index (χ0) is 26.2. The zero-order valence-corrected chi connectivity index (χ0v) is 22.7. The van der Waals surface area contributed by atoms with Crippen LogP contribution in [-0.4, -0.2) is 55.6 Å². The molecule has 0 bridgehead atoms. The SMILES string of the molecule is COC[C@H](C)Cc1ncc2c(-c3ccnc(N4CCc5ccn(C)c5C4)c3)cc(C3CCC(O)CC3)n2n1. The second-order valence-corrected chi connectivity index (χ2v) is 11.2. The number of nitrogens with zero attached hydrogens (tertiary/aromatic N) is 6. The minimum atomic E-state index is -0.186. The molecule has 0 aromatic carbocycles. The first-order valence-corrected chi connectivity index (χ1v) is 13.9. The maximum absolute atomic E-state index is 10.1. The number of hydrogen-bond donors (Lipinski definition) is 1. The van der Waals surface area contributed by atoms with Gasteiger partial charge in [-0.1, -0.05) is 6.92 Å². The van der Waals surface area contributed by atoms with Gasteiger partial charge in [-0.2, -0.15) is 5.10 Å². The van der Waals surface area contributed by atoms with E-state index in [0.29, 0.717) is 18.4 Å². The van der Waals surface area contributed by atoms with Gasteiger partial charge in [0.2, 0.25) is 0 Å². The molecule has 38 heavy (non-hydrogen) atoms. The van der Waals surface area contributed by atoms with Crippen LogP contribution in [0.5, 0.6) is 0 Å². The van der Waals surface area contributed by atoms with Crippen molar-refractivity contribution in [3.63, 3.8) is 0 Å². The lowest BCUT2D eigenvalue weighted by molar-refractivity contribution is 0.121. The highest BCUT2D eigenvalue weighted by atomic mass is 16.5. The Morgan fingerprint density at radius 3 is 2.79 bits per heavy atom. The molecule has 1 atom stereocenters. The molecule has 0 unspecified atom stereocenters. The summed E-state index contributed by atoms with van der Waals surface area (Å²) in [7, 11) is 3.86. The van der Waals surface area contributed by atoms with Crippen molar-refractivity contribution >= 4 is 11.3 Å². The summed E-state index contributed by atoms with van der Waals surface area (Å²) in [5.41, 5.74) is 7.32. The molecular formula is C30H38N6O2. The molecule has 0 radical (unpaired) electrons. The molecule has 1 aliphatic carbocycles. The quantitative estimate of drug-likeness (QED) is 0.390. The van der Waals surface area contributed by atoms with Gasteiger partial charge in [-0.05, 0) is 73.4 Å². The minimum Gasteiger partial charge on any atom is -0.393 e. The first kappa shape index (κ1) is 25.1. The molecule has 1 saturated carbocycles.